The number of carboxylic acids is 1. The van der Waals surface area contributed by atoms with E-state index in [0.717, 1.165) is 57.7 Å². The largest absolute Gasteiger partial charge is 0.490 e. The number of alkyl halides is 3. The maximum atomic E-state index is 12.4. The van der Waals surface area contributed by atoms with Crippen molar-refractivity contribution in [2.24, 2.45) is 5.41 Å². The van der Waals surface area contributed by atoms with Gasteiger partial charge in [-0.15, -0.1) is 10.2 Å². The number of hydrogen-bond acceptors (Lipinski definition) is 7. The smallest absolute Gasteiger partial charge is 0.475 e. The first kappa shape index (κ1) is 25.7. The van der Waals surface area contributed by atoms with Crippen LogP contribution in [0.2, 0.25) is 0 Å². The van der Waals surface area contributed by atoms with E-state index in [1.807, 2.05) is 16.9 Å². The monoisotopic (exact) mass is 487 g/mol. The van der Waals surface area contributed by atoms with Crippen molar-refractivity contribution in [1.29, 1.82) is 0 Å². The maximum Gasteiger partial charge on any atom is 0.490 e. The molecule has 0 atom stereocenters. The minimum Gasteiger partial charge on any atom is -0.475 e. The molecule has 0 radical (unpaired) electrons. The summed E-state index contributed by atoms with van der Waals surface area (Å²) in [6.45, 7) is 4.88. The van der Waals surface area contributed by atoms with E-state index in [1.54, 1.807) is 13.4 Å². The number of aryl methyl sites for hydroxylation is 1. The Balaban J connectivity index is 0.000000406. The van der Waals surface area contributed by atoms with Crippen LogP contribution in [0.5, 0.6) is 0 Å². The Kier molecular flexibility index (Phi) is 8.31. The molecule has 2 aromatic heterocycles. The van der Waals surface area contributed by atoms with E-state index in [4.69, 9.17) is 19.1 Å². The zero-order chi connectivity index (χ0) is 24.8. The number of ether oxygens (including phenoxy) is 1. The number of carbonyl (C=O) groups is 2. The number of nitrogens with zero attached hydrogens (tertiary/aromatic N) is 4. The van der Waals surface area contributed by atoms with E-state index >= 15 is 0 Å². The summed E-state index contributed by atoms with van der Waals surface area (Å²) in [5.74, 6) is -1.56. The summed E-state index contributed by atoms with van der Waals surface area (Å²) in [4.78, 5) is 23.8. The molecule has 4 rings (SSSR count). The number of aliphatic carboxylic acids is 1. The number of nitrogens with one attached hydrogen (secondary N) is 1. The highest BCUT2D eigenvalue weighted by molar-refractivity contribution is 5.90. The van der Waals surface area contributed by atoms with Gasteiger partial charge in [0, 0.05) is 38.7 Å². The molecule has 0 bridgehead atoms. The molecular formula is C21H28F3N5O5. The Morgan fingerprint density at radius 2 is 1.97 bits per heavy atom. The summed E-state index contributed by atoms with van der Waals surface area (Å²) in [5.41, 5.74) is 1.47. The minimum atomic E-state index is -5.08. The fraction of sp³-hybridized carbons (Fsp3) is 0.619. The molecule has 2 N–H and O–H groups in total. The van der Waals surface area contributed by atoms with E-state index in [0.29, 0.717) is 19.0 Å². The van der Waals surface area contributed by atoms with Gasteiger partial charge in [0.25, 0.3) is 5.91 Å². The zero-order valence-electron chi connectivity index (χ0n) is 18.8. The molecular weight excluding hydrogens is 459 g/mol. The summed E-state index contributed by atoms with van der Waals surface area (Å²) < 4.78 is 43.9. The molecule has 0 aromatic carbocycles. The van der Waals surface area contributed by atoms with E-state index in [1.165, 1.54) is 5.56 Å². The van der Waals surface area contributed by atoms with Crippen molar-refractivity contribution in [1.82, 2.24) is 25.0 Å². The van der Waals surface area contributed by atoms with Gasteiger partial charge in [-0.25, -0.2) is 4.79 Å². The van der Waals surface area contributed by atoms with E-state index in [9.17, 15) is 18.0 Å². The molecule has 2 aliphatic rings. The Morgan fingerprint density at radius 3 is 2.56 bits per heavy atom. The molecule has 1 fully saturated rings. The lowest BCUT2D eigenvalue weighted by atomic mass is 9.73. The molecule has 0 unspecified atom stereocenters. The number of amides is 1. The molecule has 2 aliphatic heterocycles. The number of fused-ring (bicyclic) bond motifs is 1. The summed E-state index contributed by atoms with van der Waals surface area (Å²) in [7, 11) is 1.62. The molecule has 1 amide bonds. The fourth-order valence-corrected chi connectivity index (χ4v) is 4.23. The van der Waals surface area contributed by atoms with Crippen LogP contribution in [0.4, 0.5) is 13.2 Å². The zero-order valence-corrected chi connectivity index (χ0v) is 18.8. The van der Waals surface area contributed by atoms with E-state index in [2.05, 4.69) is 20.4 Å². The first-order chi connectivity index (χ1) is 16.1. The first-order valence-electron chi connectivity index (χ1n) is 10.9. The number of likely N-dealkylation sites (tertiary alicyclic amines) is 1. The van der Waals surface area contributed by atoms with Gasteiger partial charge in [0.2, 0.25) is 5.82 Å². The van der Waals surface area contributed by atoms with Crippen LogP contribution in [0, 0.1) is 5.41 Å². The average molecular weight is 487 g/mol. The number of carbonyl (C=O) groups excluding carboxylic acids is 1. The Bertz CT molecular complexity index is 953. The van der Waals surface area contributed by atoms with Crippen molar-refractivity contribution in [3.63, 3.8) is 0 Å². The van der Waals surface area contributed by atoms with Crippen molar-refractivity contribution in [3.05, 3.63) is 35.8 Å². The summed E-state index contributed by atoms with van der Waals surface area (Å²) in [6, 6.07) is 2.03. The Labute approximate surface area is 194 Å². The topological polar surface area (TPSA) is 123 Å². The van der Waals surface area contributed by atoms with Crippen molar-refractivity contribution >= 4 is 11.9 Å². The van der Waals surface area contributed by atoms with Crippen molar-refractivity contribution in [2.45, 2.75) is 44.9 Å². The Hall–Kier alpha value is -2.93. The van der Waals surface area contributed by atoms with Crippen molar-refractivity contribution in [3.8, 4) is 0 Å². The standard InChI is InChI=1S/C19H27N5O3.C2HF3O2/c1-26-11-7-20-18(25)17-22-21-16-2-4-19(14-24(16)17)5-8-23(9-6-19)12-15-3-10-27-13-15;3-2(4,5)1(6)7/h3,10,13H,2,4-9,11-12,14H2,1H3,(H,20,25);(H,6,7). The summed E-state index contributed by atoms with van der Waals surface area (Å²) in [6.07, 6.45) is 2.74. The maximum absolute atomic E-state index is 12.4. The van der Waals surface area contributed by atoms with Crippen LogP contribution in [0.3, 0.4) is 0 Å². The molecule has 1 saturated heterocycles. The molecule has 2 aromatic rings. The Morgan fingerprint density at radius 1 is 1.26 bits per heavy atom. The second-order valence-corrected chi connectivity index (χ2v) is 8.49. The highest BCUT2D eigenvalue weighted by atomic mass is 19.4. The van der Waals surface area contributed by atoms with Gasteiger partial charge in [0.1, 0.15) is 5.82 Å². The van der Waals surface area contributed by atoms with Gasteiger partial charge in [-0.1, -0.05) is 0 Å². The average Bonchev–Trinajstić information content (AvgIpc) is 3.45. The quantitative estimate of drug-likeness (QED) is 0.594. The second kappa shape index (κ2) is 11.0. The third-order valence-electron chi connectivity index (χ3n) is 6.14. The number of piperidine rings is 1. The molecule has 0 aliphatic carbocycles. The summed E-state index contributed by atoms with van der Waals surface area (Å²) >= 11 is 0. The van der Waals surface area contributed by atoms with Gasteiger partial charge >= 0.3 is 12.1 Å². The molecule has 34 heavy (non-hydrogen) atoms. The van der Waals surface area contributed by atoms with E-state index < -0.39 is 12.1 Å². The van der Waals surface area contributed by atoms with Gasteiger partial charge in [0.05, 0.1) is 19.1 Å². The van der Waals surface area contributed by atoms with Crippen LogP contribution in [-0.4, -0.2) is 76.2 Å². The van der Waals surface area contributed by atoms with Gasteiger partial charge in [-0.2, -0.15) is 13.2 Å². The first-order valence-corrected chi connectivity index (χ1v) is 10.9. The lowest BCUT2D eigenvalue weighted by molar-refractivity contribution is -0.192. The van der Waals surface area contributed by atoms with Crippen LogP contribution < -0.4 is 5.32 Å². The minimum absolute atomic E-state index is 0.166. The highest BCUT2D eigenvalue weighted by Gasteiger charge is 2.40. The van der Waals surface area contributed by atoms with Gasteiger partial charge in [-0.05, 0) is 43.8 Å². The van der Waals surface area contributed by atoms with E-state index in [-0.39, 0.29) is 11.3 Å². The molecule has 0 saturated carbocycles. The highest BCUT2D eigenvalue weighted by Crippen LogP contribution is 2.41. The molecule has 4 heterocycles. The number of aromatic nitrogens is 3. The number of methoxy groups -OCH3 is 1. The number of furan rings is 1. The van der Waals surface area contributed by atoms with Crippen LogP contribution in [0.15, 0.2) is 23.0 Å². The molecule has 13 heteroatoms. The van der Waals surface area contributed by atoms with Crippen molar-refractivity contribution in [2.75, 3.05) is 33.4 Å². The van der Waals surface area contributed by atoms with Crippen LogP contribution in [-0.2, 0) is 29.0 Å². The number of carboxylic acid groups (broad SMARTS) is 1. The van der Waals surface area contributed by atoms with Crippen LogP contribution in [0.25, 0.3) is 0 Å². The van der Waals surface area contributed by atoms with Crippen LogP contribution >= 0.6 is 0 Å². The van der Waals surface area contributed by atoms with Gasteiger partial charge in [0.15, 0.2) is 0 Å². The number of halogens is 3. The second-order valence-electron chi connectivity index (χ2n) is 8.49. The lowest BCUT2D eigenvalue weighted by Crippen LogP contribution is -2.44. The third kappa shape index (κ3) is 6.56. The van der Waals surface area contributed by atoms with Gasteiger partial charge < -0.3 is 24.1 Å². The molecule has 1 spiro atoms. The number of hydrogen-bond donors (Lipinski definition) is 2. The SMILES string of the molecule is COCCNC(=O)c1nnc2n1CC1(CC2)CCN(Cc2ccoc2)CC1.O=C(O)C(F)(F)F. The molecule has 188 valence electrons. The molecule has 10 nitrogen and oxygen atoms in total. The number of rotatable bonds is 6. The fourth-order valence-electron chi connectivity index (χ4n) is 4.23. The lowest BCUT2D eigenvalue weighted by Gasteiger charge is -2.44. The van der Waals surface area contributed by atoms with Crippen LogP contribution in [0.1, 0.15) is 41.3 Å². The normalized spacial score (nSPS) is 17.5. The predicted octanol–water partition coefficient (Wildman–Crippen LogP) is 2.11. The van der Waals surface area contributed by atoms with Gasteiger partial charge in [-0.3, -0.25) is 9.69 Å². The third-order valence-corrected chi connectivity index (χ3v) is 6.14. The summed E-state index contributed by atoms with van der Waals surface area (Å²) in [5, 5.41) is 18.4. The predicted molar refractivity (Wildman–Crippen MR) is 112 cm³/mol. The van der Waals surface area contributed by atoms with Crippen molar-refractivity contribution < 1.29 is 37.0 Å².